The molecule has 2 atom stereocenters. The largest absolute Gasteiger partial charge is 0.352 e. The quantitative estimate of drug-likeness (QED) is 0.381. The summed E-state index contributed by atoms with van der Waals surface area (Å²) in [4.78, 5) is 28.6. The third-order valence-corrected chi connectivity index (χ3v) is 8.46. The Morgan fingerprint density at radius 2 is 1.55 bits per heavy atom. The van der Waals surface area contributed by atoms with Gasteiger partial charge >= 0.3 is 0 Å². The molecule has 7 nitrogen and oxygen atoms in total. The molecular formula is C30H37N3O4S. The van der Waals surface area contributed by atoms with E-state index < -0.39 is 28.5 Å². The maximum atomic E-state index is 13.9. The second kappa shape index (κ2) is 12.7. The lowest BCUT2D eigenvalue weighted by Gasteiger charge is -2.32. The van der Waals surface area contributed by atoms with E-state index in [1.54, 1.807) is 43.3 Å². The first kappa shape index (κ1) is 28.9. The molecule has 38 heavy (non-hydrogen) atoms. The lowest BCUT2D eigenvalue weighted by Crippen LogP contribution is -2.52. The Morgan fingerprint density at radius 1 is 0.895 bits per heavy atom. The van der Waals surface area contributed by atoms with Gasteiger partial charge in [0.2, 0.25) is 11.8 Å². The minimum Gasteiger partial charge on any atom is -0.352 e. The molecule has 0 aliphatic heterocycles. The van der Waals surface area contributed by atoms with Gasteiger partial charge in [0.05, 0.1) is 10.6 Å². The Balaban J connectivity index is 2.03. The van der Waals surface area contributed by atoms with Crippen LogP contribution in [0, 0.1) is 13.8 Å². The van der Waals surface area contributed by atoms with Crippen molar-refractivity contribution in [3.8, 4) is 0 Å². The van der Waals surface area contributed by atoms with Gasteiger partial charge in [-0.2, -0.15) is 0 Å². The van der Waals surface area contributed by atoms with Gasteiger partial charge in [-0.1, -0.05) is 61.5 Å². The summed E-state index contributed by atoms with van der Waals surface area (Å²) in [6.07, 6.45) is 0.751. The highest BCUT2D eigenvalue weighted by molar-refractivity contribution is 7.92. The van der Waals surface area contributed by atoms with E-state index in [1.165, 1.54) is 17.0 Å². The van der Waals surface area contributed by atoms with Crippen molar-refractivity contribution in [2.45, 2.75) is 64.6 Å². The van der Waals surface area contributed by atoms with Gasteiger partial charge in [0.25, 0.3) is 10.0 Å². The van der Waals surface area contributed by atoms with Gasteiger partial charge in [0, 0.05) is 12.6 Å². The van der Waals surface area contributed by atoms with Gasteiger partial charge in [-0.05, 0) is 75.1 Å². The minimum absolute atomic E-state index is 0.0531. The van der Waals surface area contributed by atoms with Gasteiger partial charge in [0.1, 0.15) is 12.6 Å². The summed E-state index contributed by atoms with van der Waals surface area (Å²) < 4.78 is 28.7. The highest BCUT2D eigenvalue weighted by Crippen LogP contribution is 2.25. The summed E-state index contributed by atoms with van der Waals surface area (Å²) in [5.41, 5.74) is 3.11. The highest BCUT2D eigenvalue weighted by Gasteiger charge is 2.32. The average Bonchev–Trinajstić information content (AvgIpc) is 2.91. The number of carbonyl (C=O) groups is 2. The van der Waals surface area contributed by atoms with Crippen LogP contribution in [-0.2, 0) is 26.2 Å². The first-order chi connectivity index (χ1) is 18.0. The van der Waals surface area contributed by atoms with Crippen LogP contribution in [0.4, 0.5) is 5.69 Å². The maximum absolute atomic E-state index is 13.9. The number of sulfonamides is 1. The molecule has 3 aromatic carbocycles. The van der Waals surface area contributed by atoms with Crippen molar-refractivity contribution in [3.63, 3.8) is 0 Å². The summed E-state index contributed by atoms with van der Waals surface area (Å²) in [7, 11) is -4.06. The van der Waals surface area contributed by atoms with Crippen LogP contribution in [0.15, 0.2) is 83.8 Å². The molecule has 0 bridgehead atoms. The zero-order chi connectivity index (χ0) is 27.9. The molecule has 2 unspecified atom stereocenters. The topological polar surface area (TPSA) is 86.8 Å². The minimum atomic E-state index is -4.06. The molecule has 0 aliphatic carbocycles. The van der Waals surface area contributed by atoms with Crippen LogP contribution < -0.4 is 9.62 Å². The molecule has 2 amide bonds. The molecule has 0 fully saturated rings. The van der Waals surface area contributed by atoms with E-state index in [0.717, 1.165) is 27.4 Å². The molecule has 1 N–H and O–H groups in total. The summed E-state index contributed by atoms with van der Waals surface area (Å²) in [5.74, 6) is -0.754. The standard InChI is InChI=1S/C30H37N3O4S/c1-6-24(4)31-30(35)25(5)32(20-26-15-11-10-14-23(26)3)29(34)21-33(27-16-12-13-22(2)19-27)38(36,37)28-17-8-7-9-18-28/h7-19,24-25H,6,20-21H2,1-5H3,(H,31,35). The van der Waals surface area contributed by atoms with E-state index >= 15 is 0 Å². The van der Waals surface area contributed by atoms with Crippen LogP contribution >= 0.6 is 0 Å². The Morgan fingerprint density at radius 3 is 2.18 bits per heavy atom. The fraction of sp³-hybridized carbons (Fsp3) is 0.333. The fourth-order valence-corrected chi connectivity index (χ4v) is 5.48. The van der Waals surface area contributed by atoms with E-state index in [4.69, 9.17) is 0 Å². The van der Waals surface area contributed by atoms with E-state index in [0.29, 0.717) is 5.69 Å². The summed E-state index contributed by atoms with van der Waals surface area (Å²) >= 11 is 0. The molecule has 202 valence electrons. The van der Waals surface area contributed by atoms with Crippen LogP contribution in [0.2, 0.25) is 0 Å². The Kier molecular flexibility index (Phi) is 9.69. The van der Waals surface area contributed by atoms with Crippen molar-refractivity contribution >= 4 is 27.5 Å². The van der Waals surface area contributed by atoms with Crippen molar-refractivity contribution in [3.05, 3.63) is 95.6 Å². The molecule has 0 saturated carbocycles. The third kappa shape index (κ3) is 7.01. The predicted octanol–water partition coefficient (Wildman–Crippen LogP) is 4.83. The van der Waals surface area contributed by atoms with E-state index in [9.17, 15) is 18.0 Å². The lowest BCUT2D eigenvalue weighted by atomic mass is 10.1. The average molecular weight is 536 g/mol. The van der Waals surface area contributed by atoms with Crippen molar-refractivity contribution < 1.29 is 18.0 Å². The van der Waals surface area contributed by atoms with Crippen LogP contribution in [0.25, 0.3) is 0 Å². The van der Waals surface area contributed by atoms with Crippen LogP contribution in [0.5, 0.6) is 0 Å². The SMILES string of the molecule is CCC(C)NC(=O)C(C)N(Cc1ccccc1C)C(=O)CN(c1cccc(C)c1)S(=O)(=O)c1ccccc1. The lowest BCUT2D eigenvalue weighted by molar-refractivity contribution is -0.139. The predicted molar refractivity (Wildman–Crippen MR) is 151 cm³/mol. The van der Waals surface area contributed by atoms with E-state index in [-0.39, 0.29) is 23.4 Å². The summed E-state index contributed by atoms with van der Waals surface area (Å²) in [6.45, 7) is 9.09. The number of anilines is 1. The summed E-state index contributed by atoms with van der Waals surface area (Å²) in [5, 5.41) is 2.95. The number of benzene rings is 3. The number of nitrogens with zero attached hydrogens (tertiary/aromatic N) is 2. The number of hydrogen-bond acceptors (Lipinski definition) is 4. The van der Waals surface area contributed by atoms with Gasteiger partial charge in [-0.25, -0.2) is 8.42 Å². The molecule has 3 aromatic rings. The third-order valence-electron chi connectivity index (χ3n) is 6.67. The van der Waals surface area contributed by atoms with Gasteiger partial charge in [-0.3, -0.25) is 13.9 Å². The number of amides is 2. The van der Waals surface area contributed by atoms with Crippen molar-refractivity contribution in [2.24, 2.45) is 0 Å². The molecule has 0 heterocycles. The Labute approximate surface area is 226 Å². The second-order valence-corrected chi connectivity index (χ2v) is 11.5. The highest BCUT2D eigenvalue weighted by atomic mass is 32.2. The molecule has 0 aliphatic rings. The van der Waals surface area contributed by atoms with Gasteiger partial charge in [-0.15, -0.1) is 0 Å². The number of aryl methyl sites for hydroxylation is 2. The molecule has 0 saturated heterocycles. The first-order valence-electron chi connectivity index (χ1n) is 12.8. The van der Waals surface area contributed by atoms with Gasteiger partial charge < -0.3 is 10.2 Å². The normalized spacial score (nSPS) is 12.9. The Bertz CT molecular complexity index is 1360. The van der Waals surface area contributed by atoms with E-state index in [1.807, 2.05) is 58.0 Å². The number of hydrogen-bond donors (Lipinski definition) is 1. The number of carbonyl (C=O) groups excluding carboxylic acids is 2. The first-order valence-corrected chi connectivity index (χ1v) is 14.3. The van der Waals surface area contributed by atoms with Crippen molar-refractivity contribution in [1.29, 1.82) is 0 Å². The number of rotatable bonds is 11. The summed E-state index contributed by atoms with van der Waals surface area (Å²) in [6, 6.07) is 21.9. The molecule has 0 aromatic heterocycles. The van der Waals surface area contributed by atoms with E-state index in [2.05, 4.69) is 5.32 Å². The second-order valence-electron chi connectivity index (χ2n) is 9.61. The molecular weight excluding hydrogens is 498 g/mol. The van der Waals surface area contributed by atoms with Gasteiger partial charge in [0.15, 0.2) is 0 Å². The van der Waals surface area contributed by atoms with Crippen LogP contribution in [-0.4, -0.2) is 43.8 Å². The molecule has 3 rings (SSSR count). The van der Waals surface area contributed by atoms with Crippen LogP contribution in [0.3, 0.4) is 0 Å². The fourth-order valence-electron chi connectivity index (χ4n) is 4.05. The molecule has 0 spiro atoms. The maximum Gasteiger partial charge on any atom is 0.264 e. The van der Waals surface area contributed by atoms with Crippen molar-refractivity contribution in [1.82, 2.24) is 10.2 Å². The zero-order valence-electron chi connectivity index (χ0n) is 22.7. The van der Waals surface area contributed by atoms with Crippen molar-refractivity contribution in [2.75, 3.05) is 10.8 Å². The Hall–Kier alpha value is -3.65. The van der Waals surface area contributed by atoms with Crippen LogP contribution in [0.1, 0.15) is 43.9 Å². The smallest absolute Gasteiger partial charge is 0.264 e. The monoisotopic (exact) mass is 535 g/mol. The molecule has 0 radical (unpaired) electrons. The number of nitrogens with one attached hydrogen (secondary N) is 1. The zero-order valence-corrected chi connectivity index (χ0v) is 23.5. The molecule has 8 heteroatoms.